The van der Waals surface area contributed by atoms with Crippen molar-refractivity contribution >= 4 is 23.4 Å². The lowest BCUT2D eigenvalue weighted by Gasteiger charge is -2.29. The minimum atomic E-state index is -0.407. The minimum absolute atomic E-state index is 0.0835. The van der Waals surface area contributed by atoms with Gasteiger partial charge in [-0.25, -0.2) is 0 Å². The molecule has 2 unspecified atom stereocenters. The maximum absolute atomic E-state index is 11.9. The van der Waals surface area contributed by atoms with E-state index in [9.17, 15) is 9.59 Å². The van der Waals surface area contributed by atoms with Crippen molar-refractivity contribution < 1.29 is 9.59 Å². The maximum atomic E-state index is 11.9. The van der Waals surface area contributed by atoms with Gasteiger partial charge in [-0.3, -0.25) is 9.59 Å². The SMILES string of the molecule is CC1CCNC(=O)C1NC(=O)CCc1cccc(Cl)c1. The van der Waals surface area contributed by atoms with Crippen LogP contribution in [0.15, 0.2) is 24.3 Å². The second-order valence-electron chi connectivity index (χ2n) is 5.23. The molecule has 108 valence electrons. The summed E-state index contributed by atoms with van der Waals surface area (Å²) in [6, 6.07) is 7.06. The van der Waals surface area contributed by atoms with Gasteiger partial charge in [-0.1, -0.05) is 30.7 Å². The Hall–Kier alpha value is -1.55. The second kappa shape index (κ2) is 6.75. The molecular formula is C15H19ClN2O2. The molecule has 1 aromatic carbocycles. The molecule has 2 atom stereocenters. The number of hydrogen-bond donors (Lipinski definition) is 2. The van der Waals surface area contributed by atoms with Crippen molar-refractivity contribution in [3.63, 3.8) is 0 Å². The normalized spacial score (nSPS) is 22.2. The lowest BCUT2D eigenvalue weighted by atomic mass is 9.94. The summed E-state index contributed by atoms with van der Waals surface area (Å²) in [6.07, 6.45) is 1.87. The van der Waals surface area contributed by atoms with E-state index in [2.05, 4.69) is 10.6 Å². The molecule has 0 saturated carbocycles. The highest BCUT2D eigenvalue weighted by molar-refractivity contribution is 6.30. The molecule has 5 heteroatoms. The quantitative estimate of drug-likeness (QED) is 0.891. The van der Waals surface area contributed by atoms with Crippen molar-refractivity contribution in [3.8, 4) is 0 Å². The van der Waals surface area contributed by atoms with Gasteiger partial charge in [0.25, 0.3) is 0 Å². The van der Waals surface area contributed by atoms with E-state index in [0.717, 1.165) is 12.0 Å². The summed E-state index contributed by atoms with van der Waals surface area (Å²) in [6.45, 7) is 2.68. The van der Waals surface area contributed by atoms with Crippen molar-refractivity contribution in [1.29, 1.82) is 0 Å². The monoisotopic (exact) mass is 294 g/mol. The smallest absolute Gasteiger partial charge is 0.242 e. The van der Waals surface area contributed by atoms with Crippen molar-refractivity contribution in [2.75, 3.05) is 6.54 Å². The van der Waals surface area contributed by atoms with Crippen LogP contribution in [0.2, 0.25) is 5.02 Å². The molecule has 20 heavy (non-hydrogen) atoms. The van der Waals surface area contributed by atoms with Gasteiger partial charge in [-0.05, 0) is 36.5 Å². The van der Waals surface area contributed by atoms with Gasteiger partial charge in [0.15, 0.2) is 0 Å². The largest absolute Gasteiger partial charge is 0.354 e. The highest BCUT2D eigenvalue weighted by Crippen LogP contribution is 2.14. The first-order valence-electron chi connectivity index (χ1n) is 6.88. The number of rotatable bonds is 4. The Kier molecular flexibility index (Phi) is 5.01. The van der Waals surface area contributed by atoms with Crippen molar-refractivity contribution in [2.24, 2.45) is 5.92 Å². The van der Waals surface area contributed by atoms with E-state index in [1.165, 1.54) is 0 Å². The molecule has 2 N–H and O–H groups in total. The Morgan fingerprint density at radius 3 is 3.00 bits per heavy atom. The van der Waals surface area contributed by atoms with Crippen LogP contribution in [0.3, 0.4) is 0 Å². The Morgan fingerprint density at radius 1 is 1.50 bits per heavy atom. The fourth-order valence-corrected chi connectivity index (χ4v) is 2.57. The molecule has 1 saturated heterocycles. The van der Waals surface area contributed by atoms with E-state index in [-0.39, 0.29) is 17.7 Å². The van der Waals surface area contributed by atoms with Crippen LogP contribution in [0.4, 0.5) is 0 Å². The molecule has 1 heterocycles. The van der Waals surface area contributed by atoms with Gasteiger partial charge < -0.3 is 10.6 Å². The van der Waals surface area contributed by atoms with Crippen LogP contribution in [-0.2, 0) is 16.0 Å². The zero-order chi connectivity index (χ0) is 14.5. The molecule has 4 nitrogen and oxygen atoms in total. The molecule has 0 aliphatic carbocycles. The third kappa shape index (κ3) is 3.97. The van der Waals surface area contributed by atoms with Crippen molar-refractivity contribution in [3.05, 3.63) is 34.9 Å². The predicted octanol–water partition coefficient (Wildman–Crippen LogP) is 1.91. The third-order valence-corrected chi connectivity index (χ3v) is 3.83. The van der Waals surface area contributed by atoms with Gasteiger partial charge in [0, 0.05) is 18.0 Å². The first-order chi connectivity index (χ1) is 9.56. The van der Waals surface area contributed by atoms with E-state index in [1.54, 1.807) is 6.07 Å². The first kappa shape index (κ1) is 14.9. The van der Waals surface area contributed by atoms with E-state index >= 15 is 0 Å². The summed E-state index contributed by atoms with van der Waals surface area (Å²) in [5.74, 6) is -0.00222. The Balaban J connectivity index is 1.84. The summed E-state index contributed by atoms with van der Waals surface area (Å²) in [5, 5.41) is 6.27. The number of hydrogen-bond acceptors (Lipinski definition) is 2. The number of carbonyl (C=O) groups excluding carboxylic acids is 2. The van der Waals surface area contributed by atoms with Crippen molar-refractivity contribution in [2.45, 2.75) is 32.2 Å². The number of aryl methyl sites for hydroxylation is 1. The van der Waals surface area contributed by atoms with E-state index < -0.39 is 6.04 Å². The van der Waals surface area contributed by atoms with Crippen LogP contribution in [-0.4, -0.2) is 24.4 Å². The molecule has 1 aliphatic rings. The number of benzene rings is 1. The second-order valence-corrected chi connectivity index (χ2v) is 5.67. The molecule has 0 bridgehead atoms. The van der Waals surface area contributed by atoms with Crippen molar-refractivity contribution in [1.82, 2.24) is 10.6 Å². The van der Waals surface area contributed by atoms with Gasteiger partial charge >= 0.3 is 0 Å². The molecule has 0 radical (unpaired) electrons. The van der Waals surface area contributed by atoms with Gasteiger partial charge in [0.1, 0.15) is 6.04 Å². The molecule has 1 aliphatic heterocycles. The van der Waals surface area contributed by atoms with E-state index in [1.807, 2.05) is 25.1 Å². The lowest BCUT2D eigenvalue weighted by Crippen LogP contribution is -2.54. The summed E-state index contributed by atoms with van der Waals surface area (Å²) in [7, 11) is 0. The number of carbonyl (C=O) groups is 2. The standard InChI is InChI=1S/C15H19ClN2O2/c1-10-7-8-17-15(20)14(10)18-13(19)6-5-11-3-2-4-12(16)9-11/h2-4,9-10,14H,5-8H2,1H3,(H,17,20)(H,18,19). The Bertz CT molecular complexity index is 504. The van der Waals surface area contributed by atoms with Crippen LogP contribution < -0.4 is 10.6 Å². The molecule has 0 spiro atoms. The minimum Gasteiger partial charge on any atom is -0.354 e. The van der Waals surface area contributed by atoms with Crippen LogP contribution >= 0.6 is 11.6 Å². The molecule has 2 amide bonds. The number of nitrogens with one attached hydrogen (secondary N) is 2. The molecule has 0 aromatic heterocycles. The molecule has 2 rings (SSSR count). The average Bonchev–Trinajstić information content (AvgIpc) is 2.41. The number of piperidine rings is 1. The summed E-state index contributed by atoms with van der Waals surface area (Å²) < 4.78 is 0. The van der Waals surface area contributed by atoms with E-state index in [0.29, 0.717) is 24.4 Å². The highest BCUT2D eigenvalue weighted by atomic mass is 35.5. The van der Waals surface area contributed by atoms with Crippen LogP contribution in [0.1, 0.15) is 25.3 Å². The summed E-state index contributed by atoms with van der Waals surface area (Å²) in [4.78, 5) is 23.7. The molecule has 1 fully saturated rings. The van der Waals surface area contributed by atoms with Gasteiger partial charge in [0.2, 0.25) is 11.8 Å². The van der Waals surface area contributed by atoms with Crippen LogP contribution in [0, 0.1) is 5.92 Å². The summed E-state index contributed by atoms with van der Waals surface area (Å²) >= 11 is 5.90. The fourth-order valence-electron chi connectivity index (χ4n) is 2.36. The fraction of sp³-hybridized carbons (Fsp3) is 0.467. The maximum Gasteiger partial charge on any atom is 0.242 e. The van der Waals surface area contributed by atoms with Crippen LogP contribution in [0.5, 0.6) is 0 Å². The molecule has 1 aromatic rings. The van der Waals surface area contributed by atoms with Crippen LogP contribution in [0.25, 0.3) is 0 Å². The predicted molar refractivity (Wildman–Crippen MR) is 78.5 cm³/mol. The highest BCUT2D eigenvalue weighted by Gasteiger charge is 2.29. The number of halogens is 1. The van der Waals surface area contributed by atoms with Gasteiger partial charge in [0.05, 0.1) is 0 Å². The zero-order valence-corrected chi connectivity index (χ0v) is 12.2. The first-order valence-corrected chi connectivity index (χ1v) is 7.25. The average molecular weight is 295 g/mol. The summed E-state index contributed by atoms with van der Waals surface area (Å²) in [5.41, 5.74) is 1.02. The topological polar surface area (TPSA) is 58.2 Å². The van der Waals surface area contributed by atoms with Gasteiger partial charge in [-0.2, -0.15) is 0 Å². The van der Waals surface area contributed by atoms with Gasteiger partial charge in [-0.15, -0.1) is 0 Å². The molecular weight excluding hydrogens is 276 g/mol. The zero-order valence-electron chi connectivity index (χ0n) is 11.5. The van der Waals surface area contributed by atoms with E-state index in [4.69, 9.17) is 11.6 Å². The third-order valence-electron chi connectivity index (χ3n) is 3.60. The lowest BCUT2D eigenvalue weighted by molar-refractivity contribution is -0.131. The number of amides is 2. The Labute approximate surface area is 123 Å². The Morgan fingerprint density at radius 2 is 2.30 bits per heavy atom.